The summed E-state index contributed by atoms with van der Waals surface area (Å²) in [5.41, 5.74) is 1.01. The van der Waals surface area contributed by atoms with Crippen LogP contribution < -0.4 is 5.32 Å². The van der Waals surface area contributed by atoms with Gasteiger partial charge in [-0.25, -0.2) is 4.79 Å². The minimum Gasteiger partial charge on any atom is -0.480 e. The second-order valence-electron chi connectivity index (χ2n) is 5.89. The maximum atomic E-state index is 12.6. The lowest BCUT2D eigenvalue weighted by Gasteiger charge is -2.15. The number of benzene rings is 2. The smallest absolute Gasteiger partial charge is 0.326 e. The maximum Gasteiger partial charge on any atom is 0.326 e. The predicted octanol–water partition coefficient (Wildman–Crippen LogP) is 2.62. The second-order valence-corrected chi connectivity index (χ2v) is 7.46. The molecule has 0 saturated heterocycles. The zero-order valence-electron chi connectivity index (χ0n) is 14.4. The maximum absolute atomic E-state index is 12.6. The van der Waals surface area contributed by atoms with Gasteiger partial charge in [0.05, 0.1) is 21.9 Å². The summed E-state index contributed by atoms with van der Waals surface area (Å²) in [6.45, 7) is 0. The highest BCUT2D eigenvalue weighted by Gasteiger charge is 2.22. The third-order valence-electron chi connectivity index (χ3n) is 4.10. The molecule has 0 unspecified atom stereocenters. The number of pyridine rings is 1. The fraction of sp³-hybridized carbons (Fsp3) is 0.150. The Morgan fingerprint density at radius 3 is 2.48 bits per heavy atom. The van der Waals surface area contributed by atoms with Crippen LogP contribution in [0, 0.1) is 0 Å². The van der Waals surface area contributed by atoms with Crippen molar-refractivity contribution in [3.8, 4) is 0 Å². The van der Waals surface area contributed by atoms with Crippen molar-refractivity contribution in [3.63, 3.8) is 0 Å². The van der Waals surface area contributed by atoms with Crippen LogP contribution in [-0.2, 0) is 15.6 Å². The van der Waals surface area contributed by atoms with Crippen LogP contribution in [-0.4, -0.2) is 38.0 Å². The Hall–Kier alpha value is -3.06. The normalized spacial score (nSPS) is 13.0. The minimum atomic E-state index is -1.33. The van der Waals surface area contributed by atoms with Gasteiger partial charge in [0.15, 0.2) is 0 Å². The largest absolute Gasteiger partial charge is 0.480 e. The summed E-state index contributed by atoms with van der Waals surface area (Å²) in [6.07, 6.45) is 1.57. The summed E-state index contributed by atoms with van der Waals surface area (Å²) < 4.78 is 12.3. The molecule has 0 saturated carbocycles. The van der Waals surface area contributed by atoms with Gasteiger partial charge in [-0.1, -0.05) is 36.4 Å². The van der Waals surface area contributed by atoms with Gasteiger partial charge < -0.3 is 10.4 Å². The zero-order chi connectivity index (χ0) is 19.2. The average Bonchev–Trinajstić information content (AvgIpc) is 2.70. The van der Waals surface area contributed by atoms with Crippen molar-refractivity contribution in [3.05, 3.63) is 72.4 Å². The van der Waals surface area contributed by atoms with Gasteiger partial charge in [-0.15, -0.1) is 0 Å². The van der Waals surface area contributed by atoms with Gasteiger partial charge in [0.2, 0.25) is 0 Å². The Bertz CT molecular complexity index is 986. The highest BCUT2D eigenvalue weighted by atomic mass is 32.2. The van der Waals surface area contributed by atoms with Gasteiger partial charge in [0, 0.05) is 22.2 Å². The minimum absolute atomic E-state index is 0.0611. The van der Waals surface area contributed by atoms with E-state index in [9.17, 15) is 18.9 Å². The van der Waals surface area contributed by atoms with Crippen molar-refractivity contribution in [1.29, 1.82) is 0 Å². The summed E-state index contributed by atoms with van der Waals surface area (Å²) in [6, 6.07) is 16.4. The van der Waals surface area contributed by atoms with Crippen molar-refractivity contribution in [2.75, 3.05) is 5.75 Å². The molecular weight excluding hydrogens is 364 g/mol. The fourth-order valence-electron chi connectivity index (χ4n) is 2.70. The van der Waals surface area contributed by atoms with Crippen LogP contribution in [0.5, 0.6) is 0 Å². The highest BCUT2D eigenvalue weighted by Crippen LogP contribution is 2.16. The number of carbonyl (C=O) groups is 2. The molecule has 0 bridgehead atoms. The molecule has 27 heavy (non-hydrogen) atoms. The Morgan fingerprint density at radius 1 is 1.04 bits per heavy atom. The van der Waals surface area contributed by atoms with Gasteiger partial charge in [0.25, 0.3) is 5.91 Å². The number of aromatic nitrogens is 1. The molecule has 0 aliphatic rings. The molecule has 0 spiro atoms. The number of amides is 1. The first-order chi connectivity index (χ1) is 13.1. The third-order valence-corrected chi connectivity index (χ3v) is 5.50. The highest BCUT2D eigenvalue weighted by molar-refractivity contribution is 7.85. The quantitative estimate of drug-likeness (QED) is 0.655. The van der Waals surface area contributed by atoms with E-state index in [0.717, 1.165) is 0 Å². The van der Waals surface area contributed by atoms with Crippen LogP contribution in [0.1, 0.15) is 16.8 Å². The number of para-hydroxylation sites is 1. The summed E-state index contributed by atoms with van der Waals surface area (Å²) in [4.78, 5) is 29.0. The first kappa shape index (κ1) is 18.7. The molecule has 1 heterocycles. The predicted molar refractivity (Wildman–Crippen MR) is 103 cm³/mol. The number of nitrogens with one attached hydrogen (secondary N) is 1. The Kier molecular flexibility index (Phi) is 5.93. The fourth-order valence-corrected chi connectivity index (χ4v) is 3.85. The molecule has 0 radical (unpaired) electrons. The lowest BCUT2D eigenvalue weighted by atomic mass is 10.1. The molecule has 0 fully saturated rings. The van der Waals surface area contributed by atoms with Gasteiger partial charge in [0.1, 0.15) is 6.04 Å². The van der Waals surface area contributed by atoms with Crippen LogP contribution in [0.3, 0.4) is 0 Å². The monoisotopic (exact) mass is 382 g/mol. The van der Waals surface area contributed by atoms with Gasteiger partial charge >= 0.3 is 5.97 Å². The molecule has 3 aromatic rings. The van der Waals surface area contributed by atoms with Crippen molar-refractivity contribution < 1.29 is 18.9 Å². The topological polar surface area (TPSA) is 96.4 Å². The number of carboxylic acid groups (broad SMARTS) is 1. The summed E-state index contributed by atoms with van der Waals surface area (Å²) in [5.74, 6) is -1.52. The molecule has 1 aromatic heterocycles. The van der Waals surface area contributed by atoms with Gasteiger partial charge in [-0.3, -0.25) is 14.0 Å². The van der Waals surface area contributed by atoms with E-state index in [1.54, 1.807) is 48.5 Å². The summed E-state index contributed by atoms with van der Waals surface area (Å²) >= 11 is 0. The average molecular weight is 382 g/mol. The Morgan fingerprint density at radius 2 is 1.74 bits per heavy atom. The SMILES string of the molecule is O=C(N[C@H](CC[S@](=O)c1ccccc1)C(=O)O)c1ccnc2ccccc12. The Labute approximate surface area is 158 Å². The van der Waals surface area contributed by atoms with E-state index in [0.29, 0.717) is 21.4 Å². The first-order valence-corrected chi connectivity index (χ1v) is 9.69. The van der Waals surface area contributed by atoms with Crippen molar-refractivity contribution >= 4 is 33.6 Å². The van der Waals surface area contributed by atoms with Crippen LogP contribution in [0.4, 0.5) is 0 Å². The molecule has 138 valence electrons. The number of hydrogen-bond acceptors (Lipinski definition) is 4. The van der Waals surface area contributed by atoms with Crippen molar-refractivity contribution in [2.24, 2.45) is 0 Å². The number of rotatable bonds is 7. The Balaban J connectivity index is 1.71. The molecule has 2 N–H and O–H groups in total. The van der Waals surface area contributed by atoms with Gasteiger partial charge in [-0.2, -0.15) is 0 Å². The van der Waals surface area contributed by atoms with E-state index in [1.807, 2.05) is 12.1 Å². The molecule has 1 amide bonds. The van der Waals surface area contributed by atoms with Crippen LogP contribution in [0.25, 0.3) is 10.9 Å². The lowest BCUT2D eigenvalue weighted by molar-refractivity contribution is -0.139. The van der Waals surface area contributed by atoms with Crippen molar-refractivity contribution in [1.82, 2.24) is 10.3 Å². The number of carbonyl (C=O) groups excluding carboxylic acids is 1. The van der Waals surface area contributed by atoms with Crippen LogP contribution in [0.2, 0.25) is 0 Å². The number of fused-ring (bicyclic) bond motifs is 1. The molecule has 3 rings (SSSR count). The van der Waals surface area contributed by atoms with E-state index in [4.69, 9.17) is 0 Å². The van der Waals surface area contributed by atoms with Crippen molar-refractivity contribution in [2.45, 2.75) is 17.4 Å². The molecule has 2 aromatic carbocycles. The number of carboxylic acids is 1. The van der Waals surface area contributed by atoms with E-state index >= 15 is 0 Å². The molecular formula is C20H18N2O4S. The third kappa shape index (κ3) is 4.57. The number of aliphatic carboxylic acids is 1. The second kappa shape index (κ2) is 8.55. The number of nitrogens with zero attached hydrogens (tertiary/aromatic N) is 1. The van der Waals surface area contributed by atoms with E-state index in [2.05, 4.69) is 10.3 Å². The van der Waals surface area contributed by atoms with E-state index < -0.39 is 28.7 Å². The van der Waals surface area contributed by atoms with Gasteiger partial charge in [-0.05, 0) is 30.7 Å². The molecule has 6 nitrogen and oxygen atoms in total. The first-order valence-electron chi connectivity index (χ1n) is 8.37. The standard InChI is InChI=1S/C20H18N2O4S/c23-19(16-10-12-21-17-9-5-4-8-15(16)17)22-18(20(24)25)11-13-27(26)14-6-2-1-3-7-14/h1-10,12,18H,11,13H2,(H,22,23)(H,24,25)/t18-,27+/m1/s1. The van der Waals surface area contributed by atoms with E-state index in [-0.39, 0.29) is 12.2 Å². The van der Waals surface area contributed by atoms with Crippen LogP contribution >= 0.6 is 0 Å². The molecule has 7 heteroatoms. The van der Waals surface area contributed by atoms with Crippen LogP contribution in [0.15, 0.2) is 71.8 Å². The summed E-state index contributed by atoms with van der Waals surface area (Å²) in [7, 11) is -1.33. The van der Waals surface area contributed by atoms with E-state index in [1.165, 1.54) is 6.20 Å². The summed E-state index contributed by atoms with van der Waals surface area (Å²) in [5, 5.41) is 12.6. The zero-order valence-corrected chi connectivity index (χ0v) is 15.2. The molecule has 0 aliphatic heterocycles. The molecule has 2 atom stereocenters. The number of hydrogen-bond donors (Lipinski definition) is 2. The lowest BCUT2D eigenvalue weighted by Crippen LogP contribution is -2.41. The molecule has 0 aliphatic carbocycles.